The Labute approximate surface area is 208 Å². The Morgan fingerprint density at radius 2 is 1.78 bits per heavy atom. The number of aliphatic imine (C=N–C) groups is 1. The van der Waals surface area contributed by atoms with E-state index in [1.54, 1.807) is 21.3 Å². The van der Waals surface area contributed by atoms with Crippen molar-refractivity contribution in [2.45, 2.75) is 32.5 Å². The maximum absolute atomic E-state index is 5.58. The summed E-state index contributed by atoms with van der Waals surface area (Å²) in [4.78, 5) is 6.83. The van der Waals surface area contributed by atoms with Crippen LogP contribution in [0.4, 0.5) is 0 Å². The van der Waals surface area contributed by atoms with Crippen molar-refractivity contribution in [1.82, 2.24) is 15.5 Å². The molecule has 3 rings (SSSR count). The predicted octanol–water partition coefficient (Wildman–Crippen LogP) is 3.66. The summed E-state index contributed by atoms with van der Waals surface area (Å²) in [5, 5.41) is 6.96. The molecule has 7 nitrogen and oxygen atoms in total. The van der Waals surface area contributed by atoms with E-state index in [2.05, 4.69) is 44.8 Å². The molecule has 1 aliphatic rings. The molecule has 1 unspecified atom stereocenters. The van der Waals surface area contributed by atoms with Crippen molar-refractivity contribution in [2.75, 3.05) is 41.0 Å². The topological polar surface area (TPSA) is 67.4 Å². The van der Waals surface area contributed by atoms with Crippen LogP contribution in [0.15, 0.2) is 47.5 Å². The van der Waals surface area contributed by atoms with Gasteiger partial charge in [-0.1, -0.05) is 12.1 Å². The molecule has 0 amide bonds. The Balaban J connectivity index is 0.00000363. The summed E-state index contributed by atoms with van der Waals surface area (Å²) in [5.74, 6) is 3.35. The van der Waals surface area contributed by atoms with Gasteiger partial charge in [-0.25, -0.2) is 0 Å². The molecule has 2 N–H and O–H groups in total. The van der Waals surface area contributed by atoms with E-state index in [0.717, 1.165) is 54.8 Å². The molecule has 0 spiro atoms. The number of hydrogen-bond acceptors (Lipinski definition) is 5. The standard InChI is InChI=1S/C24H34N4O3.HI/c1-5-31-21-8-6-7-18(11-21)15-26-24(25-2)27-20-9-10-28(17-20)16-19-12-22(29-3)14-23(13-19)30-4;/h6-8,11-14,20H,5,9-10,15-17H2,1-4H3,(H2,25,26,27);1H. The minimum Gasteiger partial charge on any atom is -0.497 e. The lowest BCUT2D eigenvalue weighted by molar-refractivity contribution is 0.321. The second-order valence-corrected chi connectivity index (χ2v) is 7.59. The Bertz CT molecular complexity index is 856. The summed E-state index contributed by atoms with van der Waals surface area (Å²) in [6.07, 6.45) is 1.07. The number of benzene rings is 2. The van der Waals surface area contributed by atoms with E-state index in [1.807, 2.05) is 25.1 Å². The first-order chi connectivity index (χ1) is 15.1. The van der Waals surface area contributed by atoms with Crippen LogP contribution >= 0.6 is 24.0 Å². The lowest BCUT2D eigenvalue weighted by atomic mass is 10.2. The van der Waals surface area contributed by atoms with Crippen LogP contribution in [0.1, 0.15) is 24.5 Å². The summed E-state index contributed by atoms with van der Waals surface area (Å²) >= 11 is 0. The largest absolute Gasteiger partial charge is 0.497 e. The molecule has 176 valence electrons. The lowest BCUT2D eigenvalue weighted by Gasteiger charge is -2.19. The van der Waals surface area contributed by atoms with E-state index in [1.165, 1.54) is 5.56 Å². The van der Waals surface area contributed by atoms with Gasteiger partial charge in [-0.05, 0) is 48.7 Å². The molecule has 2 aromatic carbocycles. The number of guanidine groups is 1. The first kappa shape index (κ1) is 26.1. The van der Waals surface area contributed by atoms with Gasteiger partial charge in [0.25, 0.3) is 0 Å². The number of ether oxygens (including phenoxy) is 3. The molecule has 1 atom stereocenters. The van der Waals surface area contributed by atoms with Gasteiger partial charge in [-0.3, -0.25) is 9.89 Å². The molecular weight excluding hydrogens is 519 g/mol. The van der Waals surface area contributed by atoms with Crippen LogP contribution in [-0.4, -0.2) is 57.9 Å². The van der Waals surface area contributed by atoms with Gasteiger partial charge in [0.2, 0.25) is 0 Å². The maximum Gasteiger partial charge on any atom is 0.191 e. The molecule has 1 saturated heterocycles. The highest BCUT2D eigenvalue weighted by molar-refractivity contribution is 14.0. The van der Waals surface area contributed by atoms with Gasteiger partial charge in [-0.2, -0.15) is 0 Å². The fourth-order valence-corrected chi connectivity index (χ4v) is 3.80. The van der Waals surface area contributed by atoms with E-state index in [0.29, 0.717) is 19.2 Å². The van der Waals surface area contributed by atoms with Gasteiger partial charge in [0, 0.05) is 45.3 Å². The zero-order valence-corrected chi connectivity index (χ0v) is 21.7. The molecule has 0 aromatic heterocycles. The number of nitrogens with one attached hydrogen (secondary N) is 2. The zero-order valence-electron chi connectivity index (χ0n) is 19.4. The van der Waals surface area contributed by atoms with Crippen LogP contribution in [0.5, 0.6) is 17.2 Å². The second kappa shape index (κ2) is 13.4. The van der Waals surface area contributed by atoms with E-state index in [9.17, 15) is 0 Å². The van der Waals surface area contributed by atoms with Gasteiger partial charge < -0.3 is 24.8 Å². The first-order valence-corrected chi connectivity index (χ1v) is 10.8. The smallest absolute Gasteiger partial charge is 0.191 e. The molecule has 0 saturated carbocycles. The van der Waals surface area contributed by atoms with Crippen LogP contribution < -0.4 is 24.8 Å². The zero-order chi connectivity index (χ0) is 22.1. The minimum absolute atomic E-state index is 0. The minimum atomic E-state index is 0. The molecule has 0 radical (unpaired) electrons. The molecule has 8 heteroatoms. The summed E-state index contributed by atoms with van der Waals surface area (Å²) in [6.45, 7) is 6.21. The highest BCUT2D eigenvalue weighted by Gasteiger charge is 2.23. The van der Waals surface area contributed by atoms with Crippen LogP contribution in [0.2, 0.25) is 0 Å². The third-order valence-corrected chi connectivity index (χ3v) is 5.32. The predicted molar refractivity (Wildman–Crippen MR) is 140 cm³/mol. The number of rotatable bonds is 9. The van der Waals surface area contributed by atoms with Gasteiger partial charge in [0.15, 0.2) is 5.96 Å². The molecular formula is C24H35IN4O3. The Morgan fingerprint density at radius 1 is 1.06 bits per heavy atom. The average molecular weight is 554 g/mol. The number of nitrogens with zero attached hydrogens (tertiary/aromatic N) is 2. The Morgan fingerprint density at radius 3 is 2.44 bits per heavy atom. The third-order valence-electron chi connectivity index (χ3n) is 5.32. The van der Waals surface area contributed by atoms with Crippen molar-refractivity contribution in [3.05, 3.63) is 53.6 Å². The number of methoxy groups -OCH3 is 2. The molecule has 1 aliphatic heterocycles. The first-order valence-electron chi connectivity index (χ1n) is 10.8. The molecule has 32 heavy (non-hydrogen) atoms. The third kappa shape index (κ3) is 7.74. The quantitative estimate of drug-likeness (QED) is 0.280. The number of likely N-dealkylation sites (tertiary alicyclic amines) is 1. The summed E-state index contributed by atoms with van der Waals surface area (Å²) in [7, 11) is 5.17. The normalized spacial score (nSPS) is 16.2. The Hall–Kier alpha value is -2.20. The molecule has 1 fully saturated rings. The summed E-state index contributed by atoms with van der Waals surface area (Å²) in [5.41, 5.74) is 2.35. The molecule has 0 aliphatic carbocycles. The maximum atomic E-state index is 5.58. The second-order valence-electron chi connectivity index (χ2n) is 7.59. The van der Waals surface area contributed by atoms with E-state index in [4.69, 9.17) is 14.2 Å². The molecule has 1 heterocycles. The monoisotopic (exact) mass is 554 g/mol. The molecule has 2 aromatic rings. The van der Waals surface area contributed by atoms with Gasteiger partial charge >= 0.3 is 0 Å². The van der Waals surface area contributed by atoms with Crippen molar-refractivity contribution in [1.29, 1.82) is 0 Å². The highest BCUT2D eigenvalue weighted by Crippen LogP contribution is 2.24. The number of hydrogen-bond donors (Lipinski definition) is 2. The highest BCUT2D eigenvalue weighted by atomic mass is 127. The number of halogens is 1. The van der Waals surface area contributed by atoms with Gasteiger partial charge in [0.05, 0.1) is 20.8 Å². The van der Waals surface area contributed by atoms with Crippen LogP contribution in [0, 0.1) is 0 Å². The van der Waals surface area contributed by atoms with Crippen molar-refractivity contribution in [3.8, 4) is 17.2 Å². The average Bonchev–Trinajstić information content (AvgIpc) is 3.23. The fraction of sp³-hybridized carbons (Fsp3) is 0.458. The summed E-state index contributed by atoms with van der Waals surface area (Å²) in [6, 6.07) is 14.5. The van der Waals surface area contributed by atoms with Gasteiger partial charge in [0.1, 0.15) is 17.2 Å². The van der Waals surface area contributed by atoms with Crippen LogP contribution in [0.25, 0.3) is 0 Å². The van der Waals surface area contributed by atoms with Crippen molar-refractivity contribution >= 4 is 29.9 Å². The van der Waals surface area contributed by atoms with Crippen LogP contribution in [0.3, 0.4) is 0 Å². The van der Waals surface area contributed by atoms with E-state index >= 15 is 0 Å². The fourth-order valence-electron chi connectivity index (χ4n) is 3.80. The van der Waals surface area contributed by atoms with Gasteiger partial charge in [-0.15, -0.1) is 24.0 Å². The van der Waals surface area contributed by atoms with Crippen LogP contribution in [-0.2, 0) is 13.1 Å². The van der Waals surface area contributed by atoms with Crippen molar-refractivity contribution in [3.63, 3.8) is 0 Å². The SMILES string of the molecule is CCOc1cccc(CNC(=NC)NC2CCN(Cc3cc(OC)cc(OC)c3)C2)c1.I. The van der Waals surface area contributed by atoms with Crippen molar-refractivity contribution in [2.24, 2.45) is 4.99 Å². The Kier molecular flexibility index (Phi) is 10.9. The van der Waals surface area contributed by atoms with E-state index in [-0.39, 0.29) is 24.0 Å². The lowest BCUT2D eigenvalue weighted by Crippen LogP contribution is -2.44. The van der Waals surface area contributed by atoms with Crippen molar-refractivity contribution < 1.29 is 14.2 Å². The molecule has 0 bridgehead atoms. The summed E-state index contributed by atoms with van der Waals surface area (Å²) < 4.78 is 16.4. The van der Waals surface area contributed by atoms with E-state index < -0.39 is 0 Å².